The van der Waals surface area contributed by atoms with Crippen LogP contribution in [0.5, 0.6) is 17.2 Å². The number of hydrogen-bond acceptors (Lipinski definition) is 4. The van der Waals surface area contributed by atoms with Gasteiger partial charge in [0, 0.05) is 5.02 Å². The highest BCUT2D eigenvalue weighted by Gasteiger charge is 2.27. The van der Waals surface area contributed by atoms with Crippen LogP contribution in [0.2, 0.25) is 10.0 Å². The lowest BCUT2D eigenvalue weighted by atomic mass is 9.93. The van der Waals surface area contributed by atoms with Gasteiger partial charge in [0.05, 0.1) is 11.1 Å². The van der Waals surface area contributed by atoms with Crippen LogP contribution in [0.3, 0.4) is 0 Å². The number of Topliss-reactive ketones (excluding diaryl/α,β-unsaturated/α-hetero) is 1. The minimum atomic E-state index is -0.988. The highest BCUT2D eigenvalue weighted by molar-refractivity contribution is 6.32. The normalized spacial score (nSPS) is 12.5. The summed E-state index contributed by atoms with van der Waals surface area (Å²) in [6.07, 6.45) is -0.883. The van der Waals surface area contributed by atoms with Gasteiger partial charge in [-0.2, -0.15) is 5.26 Å². The Bertz CT molecular complexity index is 1110. The van der Waals surface area contributed by atoms with E-state index in [1.807, 2.05) is 19.1 Å². The first-order valence-corrected chi connectivity index (χ1v) is 10.0. The van der Waals surface area contributed by atoms with E-state index >= 15 is 0 Å². The lowest BCUT2D eigenvalue weighted by molar-refractivity contribution is -0.125. The van der Waals surface area contributed by atoms with Crippen LogP contribution in [0.15, 0.2) is 66.7 Å². The Hall–Kier alpha value is -3.00. The number of rotatable bonds is 7. The molecule has 0 aliphatic heterocycles. The molecule has 6 heteroatoms. The predicted molar refractivity (Wildman–Crippen MR) is 118 cm³/mol. The Morgan fingerprint density at radius 3 is 2.37 bits per heavy atom. The minimum Gasteiger partial charge on any atom is -0.479 e. The summed E-state index contributed by atoms with van der Waals surface area (Å²) < 4.78 is 11.8. The van der Waals surface area contributed by atoms with Gasteiger partial charge in [0.15, 0.2) is 23.4 Å². The minimum absolute atomic E-state index is 0.372. The highest BCUT2D eigenvalue weighted by atomic mass is 35.5. The first-order chi connectivity index (χ1) is 14.4. The van der Waals surface area contributed by atoms with Crippen LogP contribution in [-0.2, 0) is 4.79 Å². The van der Waals surface area contributed by atoms with Gasteiger partial charge in [0.2, 0.25) is 0 Å². The molecule has 0 amide bonds. The molecule has 0 aromatic heterocycles. The third-order valence-corrected chi connectivity index (χ3v) is 4.99. The van der Waals surface area contributed by atoms with Crippen LogP contribution in [0.25, 0.3) is 0 Å². The molecule has 3 aromatic carbocycles. The van der Waals surface area contributed by atoms with Crippen molar-refractivity contribution in [3.63, 3.8) is 0 Å². The maximum absolute atomic E-state index is 12.9. The molecule has 4 nitrogen and oxygen atoms in total. The maximum Gasteiger partial charge on any atom is 0.194 e. The average molecular weight is 440 g/mol. The zero-order valence-electron chi connectivity index (χ0n) is 16.4. The van der Waals surface area contributed by atoms with Gasteiger partial charge in [-0.05, 0) is 61.4 Å². The number of halogens is 2. The van der Waals surface area contributed by atoms with Gasteiger partial charge < -0.3 is 9.47 Å². The Balaban J connectivity index is 1.80. The number of benzene rings is 3. The number of ketones is 1. The Morgan fingerprint density at radius 1 is 0.967 bits per heavy atom. The smallest absolute Gasteiger partial charge is 0.194 e. The molecule has 0 saturated carbocycles. The van der Waals surface area contributed by atoms with Crippen LogP contribution in [-0.4, -0.2) is 11.9 Å². The predicted octanol–water partition coefficient (Wildman–Crippen LogP) is 6.74. The van der Waals surface area contributed by atoms with Crippen molar-refractivity contribution in [2.45, 2.75) is 25.9 Å². The van der Waals surface area contributed by atoms with Crippen molar-refractivity contribution in [2.24, 2.45) is 0 Å². The molecule has 0 fully saturated rings. The fraction of sp³-hybridized carbons (Fsp3) is 0.167. The Labute approximate surface area is 185 Å². The summed E-state index contributed by atoms with van der Waals surface area (Å²) in [4.78, 5) is 12.9. The number of nitriles is 1. The van der Waals surface area contributed by atoms with Gasteiger partial charge in [-0.1, -0.05) is 53.5 Å². The van der Waals surface area contributed by atoms with E-state index in [-0.39, 0.29) is 5.78 Å². The first kappa shape index (κ1) is 21.7. The largest absolute Gasteiger partial charge is 0.479 e. The molecule has 0 heterocycles. The van der Waals surface area contributed by atoms with E-state index in [9.17, 15) is 10.1 Å². The van der Waals surface area contributed by atoms with Crippen molar-refractivity contribution in [3.05, 3.63) is 87.9 Å². The monoisotopic (exact) mass is 439 g/mol. The van der Waals surface area contributed by atoms with E-state index in [1.54, 1.807) is 67.6 Å². The third kappa shape index (κ3) is 5.13. The number of carbonyl (C=O) groups excluding carboxylic acids is 1. The van der Waals surface area contributed by atoms with Crippen molar-refractivity contribution >= 4 is 29.0 Å². The summed E-state index contributed by atoms with van der Waals surface area (Å²) in [5.41, 5.74) is 1.54. The second kappa shape index (κ2) is 9.67. The Morgan fingerprint density at radius 2 is 1.70 bits per heavy atom. The van der Waals surface area contributed by atoms with E-state index in [1.165, 1.54) is 0 Å². The molecule has 0 bridgehead atoms. The lowest BCUT2D eigenvalue weighted by Gasteiger charge is -2.19. The van der Waals surface area contributed by atoms with E-state index in [4.69, 9.17) is 32.7 Å². The lowest BCUT2D eigenvalue weighted by Crippen LogP contribution is -2.29. The zero-order valence-corrected chi connectivity index (χ0v) is 17.9. The van der Waals surface area contributed by atoms with Crippen LogP contribution < -0.4 is 9.47 Å². The SMILES string of the molecule is Cc1ccc(Oc2ccccc2OC(C)C(=O)C(C#N)c2cccc(Cl)c2)c(Cl)c1. The molecule has 0 N–H and O–H groups in total. The average Bonchev–Trinajstić information content (AvgIpc) is 2.72. The molecule has 30 heavy (non-hydrogen) atoms. The molecule has 0 spiro atoms. The second-order valence-corrected chi connectivity index (χ2v) is 7.61. The third-order valence-electron chi connectivity index (χ3n) is 4.46. The molecule has 0 aliphatic rings. The molecule has 2 unspecified atom stereocenters. The van der Waals surface area contributed by atoms with Gasteiger partial charge in [0.1, 0.15) is 11.7 Å². The van der Waals surface area contributed by atoms with Crippen LogP contribution >= 0.6 is 23.2 Å². The zero-order chi connectivity index (χ0) is 21.7. The summed E-state index contributed by atoms with van der Waals surface area (Å²) in [5, 5.41) is 10.5. The quantitative estimate of drug-likeness (QED) is 0.408. The molecule has 2 atom stereocenters. The van der Waals surface area contributed by atoms with Crippen molar-refractivity contribution in [3.8, 4) is 23.3 Å². The molecular weight excluding hydrogens is 421 g/mol. The van der Waals surface area contributed by atoms with Gasteiger partial charge in [-0.3, -0.25) is 4.79 Å². The number of para-hydroxylation sites is 2. The summed E-state index contributed by atoms with van der Waals surface area (Å²) in [7, 11) is 0. The van der Waals surface area contributed by atoms with E-state index in [0.29, 0.717) is 32.9 Å². The summed E-state index contributed by atoms with van der Waals surface area (Å²) >= 11 is 12.3. The fourth-order valence-electron chi connectivity index (χ4n) is 2.91. The Kier molecular flexibility index (Phi) is 6.99. The molecule has 0 radical (unpaired) electrons. The first-order valence-electron chi connectivity index (χ1n) is 9.27. The molecule has 0 saturated heterocycles. The van der Waals surface area contributed by atoms with Gasteiger partial charge in [-0.15, -0.1) is 0 Å². The van der Waals surface area contributed by atoms with Crippen LogP contribution in [0, 0.1) is 18.3 Å². The molecule has 3 aromatic rings. The second-order valence-electron chi connectivity index (χ2n) is 6.76. The fourth-order valence-corrected chi connectivity index (χ4v) is 3.38. The van der Waals surface area contributed by atoms with Crippen molar-refractivity contribution < 1.29 is 14.3 Å². The molecule has 152 valence electrons. The van der Waals surface area contributed by atoms with Crippen LogP contribution in [0.1, 0.15) is 24.0 Å². The number of nitrogens with zero attached hydrogens (tertiary/aromatic N) is 1. The highest BCUT2D eigenvalue weighted by Crippen LogP contribution is 2.36. The number of hydrogen-bond donors (Lipinski definition) is 0. The molecule has 0 aliphatic carbocycles. The van der Waals surface area contributed by atoms with Gasteiger partial charge in [0.25, 0.3) is 0 Å². The van der Waals surface area contributed by atoms with Gasteiger partial charge >= 0.3 is 0 Å². The maximum atomic E-state index is 12.9. The molecule has 3 rings (SSSR count). The topological polar surface area (TPSA) is 59.3 Å². The summed E-state index contributed by atoms with van der Waals surface area (Å²) in [6, 6.07) is 21.2. The van der Waals surface area contributed by atoms with E-state index in [2.05, 4.69) is 0 Å². The van der Waals surface area contributed by atoms with Crippen molar-refractivity contribution in [1.82, 2.24) is 0 Å². The molecular formula is C24H19Cl2NO3. The number of carbonyl (C=O) groups is 1. The van der Waals surface area contributed by atoms with Crippen molar-refractivity contribution in [2.75, 3.05) is 0 Å². The summed E-state index contributed by atoms with van der Waals surface area (Å²) in [5.74, 6) is -0.0932. The standard InChI is InChI=1S/C24H19Cl2NO3/c1-15-10-11-21(20(26)12-15)30-23-9-4-3-8-22(23)29-16(2)24(28)19(14-27)17-6-5-7-18(25)13-17/h3-13,16,19H,1-2H3. The van der Waals surface area contributed by atoms with E-state index < -0.39 is 12.0 Å². The van der Waals surface area contributed by atoms with Crippen molar-refractivity contribution in [1.29, 1.82) is 5.26 Å². The number of aryl methyl sites for hydroxylation is 1. The van der Waals surface area contributed by atoms with Gasteiger partial charge in [-0.25, -0.2) is 0 Å². The number of ether oxygens (including phenoxy) is 2. The summed E-state index contributed by atoms with van der Waals surface area (Å²) in [6.45, 7) is 3.54. The van der Waals surface area contributed by atoms with E-state index in [0.717, 1.165) is 5.56 Å². The van der Waals surface area contributed by atoms with Crippen LogP contribution in [0.4, 0.5) is 0 Å².